The lowest BCUT2D eigenvalue weighted by molar-refractivity contribution is -0.123. The number of nitrogens with zero attached hydrogens (tertiary/aromatic N) is 4. The van der Waals surface area contributed by atoms with E-state index in [1.807, 2.05) is 0 Å². The SMILES string of the molecule is COc1ccc(NC(=O)CNC(=O)Cc2cccc(F)c2)cc1-n1nnnc1C. The largest absolute Gasteiger partial charge is 0.494 e. The van der Waals surface area contributed by atoms with Crippen LogP contribution in [0.4, 0.5) is 10.1 Å². The first-order valence-electron chi connectivity index (χ1n) is 8.70. The summed E-state index contributed by atoms with van der Waals surface area (Å²) in [4.78, 5) is 24.1. The number of carbonyl (C=O) groups excluding carboxylic acids is 2. The Morgan fingerprint density at radius 3 is 2.69 bits per heavy atom. The molecule has 0 aliphatic heterocycles. The van der Waals surface area contributed by atoms with Crippen molar-refractivity contribution in [3.8, 4) is 11.4 Å². The van der Waals surface area contributed by atoms with Crippen molar-refractivity contribution in [2.75, 3.05) is 19.0 Å². The van der Waals surface area contributed by atoms with Gasteiger partial charge >= 0.3 is 0 Å². The zero-order valence-corrected chi connectivity index (χ0v) is 15.8. The number of nitrogens with one attached hydrogen (secondary N) is 2. The van der Waals surface area contributed by atoms with Crippen molar-refractivity contribution < 1.29 is 18.7 Å². The highest BCUT2D eigenvalue weighted by Gasteiger charge is 2.13. The van der Waals surface area contributed by atoms with Crippen LogP contribution in [0.15, 0.2) is 42.5 Å². The summed E-state index contributed by atoms with van der Waals surface area (Å²) in [5.41, 5.74) is 1.57. The molecule has 10 heteroatoms. The van der Waals surface area contributed by atoms with E-state index in [9.17, 15) is 14.0 Å². The molecule has 0 bridgehead atoms. The summed E-state index contributed by atoms with van der Waals surface area (Å²) in [6.45, 7) is 1.51. The summed E-state index contributed by atoms with van der Waals surface area (Å²) < 4.78 is 20.0. The molecule has 1 aromatic heterocycles. The van der Waals surface area contributed by atoms with Crippen molar-refractivity contribution in [2.24, 2.45) is 0 Å². The molecule has 29 heavy (non-hydrogen) atoms. The standard InChI is InChI=1S/C19H19FN6O3/c1-12-23-24-25-26(12)16-10-15(6-7-17(16)29-2)22-19(28)11-21-18(27)9-13-4-3-5-14(20)8-13/h3-8,10H,9,11H2,1-2H3,(H,21,27)(H,22,28). The van der Waals surface area contributed by atoms with Gasteiger partial charge in [-0.25, -0.2) is 4.39 Å². The van der Waals surface area contributed by atoms with Crippen LogP contribution in [-0.4, -0.2) is 45.7 Å². The van der Waals surface area contributed by atoms with Gasteiger partial charge in [0.1, 0.15) is 17.3 Å². The zero-order valence-electron chi connectivity index (χ0n) is 15.8. The van der Waals surface area contributed by atoms with Gasteiger partial charge in [0.15, 0.2) is 5.82 Å². The van der Waals surface area contributed by atoms with Gasteiger partial charge in [-0.3, -0.25) is 9.59 Å². The molecule has 3 rings (SSSR count). The number of hydrogen-bond acceptors (Lipinski definition) is 6. The minimum Gasteiger partial charge on any atom is -0.494 e. The zero-order chi connectivity index (χ0) is 20.8. The highest BCUT2D eigenvalue weighted by Crippen LogP contribution is 2.26. The van der Waals surface area contributed by atoms with Gasteiger partial charge in [-0.05, 0) is 53.2 Å². The summed E-state index contributed by atoms with van der Waals surface area (Å²) in [7, 11) is 1.52. The van der Waals surface area contributed by atoms with Gasteiger partial charge in [0, 0.05) is 5.69 Å². The first kappa shape index (κ1) is 19.9. The predicted molar refractivity (Wildman–Crippen MR) is 102 cm³/mol. The Morgan fingerprint density at radius 2 is 2.00 bits per heavy atom. The Labute approximate surface area is 165 Å². The number of ether oxygens (including phenoxy) is 1. The molecule has 2 amide bonds. The first-order chi connectivity index (χ1) is 14.0. The van der Waals surface area contributed by atoms with Gasteiger partial charge in [0.05, 0.1) is 20.1 Å². The van der Waals surface area contributed by atoms with Crippen LogP contribution in [0.5, 0.6) is 5.75 Å². The third-order valence-electron chi connectivity index (χ3n) is 4.02. The molecule has 0 radical (unpaired) electrons. The van der Waals surface area contributed by atoms with Crippen LogP contribution in [0.2, 0.25) is 0 Å². The maximum absolute atomic E-state index is 13.2. The number of benzene rings is 2. The highest BCUT2D eigenvalue weighted by molar-refractivity contribution is 5.95. The molecule has 1 heterocycles. The van der Waals surface area contributed by atoms with Crippen LogP contribution in [-0.2, 0) is 16.0 Å². The van der Waals surface area contributed by atoms with Crippen molar-refractivity contribution in [3.63, 3.8) is 0 Å². The van der Waals surface area contributed by atoms with E-state index in [1.165, 1.54) is 30.0 Å². The minimum atomic E-state index is -0.416. The van der Waals surface area contributed by atoms with Crippen LogP contribution in [0.1, 0.15) is 11.4 Å². The molecule has 2 aromatic carbocycles. The smallest absolute Gasteiger partial charge is 0.243 e. The fourth-order valence-electron chi connectivity index (χ4n) is 2.67. The second-order valence-corrected chi connectivity index (χ2v) is 6.16. The average molecular weight is 398 g/mol. The van der Waals surface area contributed by atoms with Gasteiger partial charge in [0.25, 0.3) is 0 Å². The third-order valence-corrected chi connectivity index (χ3v) is 4.02. The average Bonchev–Trinajstić information content (AvgIpc) is 3.12. The summed E-state index contributed by atoms with van der Waals surface area (Å²) >= 11 is 0. The van der Waals surface area contributed by atoms with Gasteiger partial charge in [-0.1, -0.05) is 12.1 Å². The Kier molecular flexibility index (Phi) is 6.12. The number of amides is 2. The van der Waals surface area contributed by atoms with E-state index in [0.717, 1.165) is 0 Å². The molecule has 0 aliphatic carbocycles. The molecule has 2 N–H and O–H groups in total. The summed E-state index contributed by atoms with van der Waals surface area (Å²) in [6, 6.07) is 10.7. The van der Waals surface area contributed by atoms with E-state index < -0.39 is 11.7 Å². The normalized spacial score (nSPS) is 10.4. The third kappa shape index (κ3) is 5.12. The number of tetrazole rings is 1. The van der Waals surface area contributed by atoms with E-state index in [4.69, 9.17) is 4.74 Å². The summed E-state index contributed by atoms with van der Waals surface area (Å²) in [5, 5.41) is 16.5. The second-order valence-electron chi connectivity index (χ2n) is 6.16. The predicted octanol–water partition coefficient (Wildman–Crippen LogP) is 1.42. The Morgan fingerprint density at radius 1 is 1.17 bits per heavy atom. The summed E-state index contributed by atoms with van der Waals surface area (Å²) in [6.07, 6.45) is -0.0176. The topological polar surface area (TPSA) is 111 Å². The fraction of sp³-hybridized carbons (Fsp3) is 0.211. The van der Waals surface area contributed by atoms with Gasteiger partial charge < -0.3 is 15.4 Å². The molecular weight excluding hydrogens is 379 g/mol. The van der Waals surface area contributed by atoms with Crippen LogP contribution in [0.3, 0.4) is 0 Å². The van der Waals surface area contributed by atoms with E-state index in [1.54, 1.807) is 31.2 Å². The molecule has 0 saturated carbocycles. The molecule has 0 fully saturated rings. The minimum absolute atomic E-state index is 0.0176. The number of carbonyl (C=O) groups is 2. The van der Waals surface area contributed by atoms with Crippen molar-refractivity contribution >= 4 is 17.5 Å². The lowest BCUT2D eigenvalue weighted by Gasteiger charge is -2.12. The van der Waals surface area contributed by atoms with Crippen molar-refractivity contribution in [2.45, 2.75) is 13.3 Å². The molecule has 0 aliphatic rings. The molecule has 0 spiro atoms. The maximum Gasteiger partial charge on any atom is 0.243 e. The van der Waals surface area contributed by atoms with E-state index in [-0.39, 0.29) is 18.9 Å². The number of hydrogen-bond donors (Lipinski definition) is 2. The van der Waals surface area contributed by atoms with Crippen LogP contribution in [0, 0.1) is 12.7 Å². The molecule has 0 saturated heterocycles. The molecule has 0 atom stereocenters. The number of methoxy groups -OCH3 is 1. The van der Waals surface area contributed by atoms with Gasteiger partial charge in [0.2, 0.25) is 11.8 Å². The fourth-order valence-corrected chi connectivity index (χ4v) is 2.67. The molecule has 3 aromatic rings. The number of halogens is 1. The maximum atomic E-state index is 13.2. The van der Waals surface area contributed by atoms with Gasteiger partial charge in [-0.15, -0.1) is 5.10 Å². The van der Waals surface area contributed by atoms with E-state index in [2.05, 4.69) is 26.2 Å². The van der Waals surface area contributed by atoms with Crippen LogP contribution in [0.25, 0.3) is 5.69 Å². The van der Waals surface area contributed by atoms with Crippen LogP contribution >= 0.6 is 0 Å². The second kappa shape index (κ2) is 8.91. The number of aromatic nitrogens is 4. The monoisotopic (exact) mass is 398 g/mol. The van der Waals surface area contributed by atoms with Gasteiger partial charge in [-0.2, -0.15) is 4.68 Å². The quantitative estimate of drug-likeness (QED) is 0.623. The lowest BCUT2D eigenvalue weighted by Crippen LogP contribution is -2.33. The summed E-state index contributed by atoms with van der Waals surface area (Å²) in [5.74, 6) is -0.132. The first-order valence-corrected chi connectivity index (χ1v) is 8.70. The van der Waals surface area contributed by atoms with Crippen LogP contribution < -0.4 is 15.4 Å². The molecular formula is C19H19FN6O3. The van der Waals surface area contributed by atoms with E-state index in [0.29, 0.717) is 28.5 Å². The number of anilines is 1. The lowest BCUT2D eigenvalue weighted by atomic mass is 10.1. The van der Waals surface area contributed by atoms with Crippen molar-refractivity contribution in [1.29, 1.82) is 0 Å². The van der Waals surface area contributed by atoms with E-state index >= 15 is 0 Å². The molecule has 150 valence electrons. The Bertz CT molecular complexity index is 1040. The highest BCUT2D eigenvalue weighted by atomic mass is 19.1. The number of rotatable bonds is 7. The Balaban J connectivity index is 1.60. The van der Waals surface area contributed by atoms with Crippen molar-refractivity contribution in [1.82, 2.24) is 25.5 Å². The Hall–Kier alpha value is -3.82. The molecule has 0 unspecified atom stereocenters. The molecule has 9 nitrogen and oxygen atoms in total. The number of aryl methyl sites for hydroxylation is 1. The van der Waals surface area contributed by atoms with Crippen molar-refractivity contribution in [3.05, 3.63) is 59.7 Å².